The lowest BCUT2D eigenvalue weighted by atomic mass is 10.2. The summed E-state index contributed by atoms with van der Waals surface area (Å²) in [5, 5.41) is 5.68. The van der Waals surface area contributed by atoms with Gasteiger partial charge < -0.3 is 5.32 Å². The van der Waals surface area contributed by atoms with Crippen LogP contribution in [0.1, 0.15) is 25.1 Å². The van der Waals surface area contributed by atoms with Gasteiger partial charge in [-0.2, -0.15) is 11.8 Å². The van der Waals surface area contributed by atoms with Gasteiger partial charge in [-0.25, -0.2) is 0 Å². The van der Waals surface area contributed by atoms with Gasteiger partial charge in [-0.05, 0) is 50.8 Å². The molecule has 0 spiro atoms. The second kappa shape index (κ2) is 8.97. The van der Waals surface area contributed by atoms with Gasteiger partial charge in [0, 0.05) is 30.1 Å². The Morgan fingerprint density at radius 2 is 2.17 bits per heavy atom. The van der Waals surface area contributed by atoms with Crippen LogP contribution in [0.3, 0.4) is 0 Å². The van der Waals surface area contributed by atoms with E-state index in [-0.39, 0.29) is 0 Å². The molecule has 0 radical (unpaired) electrons. The molecule has 0 amide bonds. The van der Waals surface area contributed by atoms with Gasteiger partial charge in [0.15, 0.2) is 0 Å². The van der Waals surface area contributed by atoms with Gasteiger partial charge in [0.1, 0.15) is 0 Å². The van der Waals surface area contributed by atoms with Gasteiger partial charge in [-0.1, -0.05) is 6.07 Å². The van der Waals surface area contributed by atoms with Crippen molar-refractivity contribution in [1.82, 2.24) is 10.2 Å². The Balaban J connectivity index is 2.20. The topological polar surface area (TPSA) is 15.3 Å². The van der Waals surface area contributed by atoms with Crippen molar-refractivity contribution in [3.05, 3.63) is 22.4 Å². The summed E-state index contributed by atoms with van der Waals surface area (Å²) in [6, 6.07) is 5.55. The van der Waals surface area contributed by atoms with E-state index in [4.69, 9.17) is 0 Å². The van der Waals surface area contributed by atoms with Crippen LogP contribution in [0.15, 0.2) is 17.5 Å². The zero-order valence-corrected chi connectivity index (χ0v) is 13.6. The first kappa shape index (κ1) is 16.0. The number of nitrogens with one attached hydrogen (secondary N) is 1. The molecule has 104 valence electrons. The average molecular weight is 287 g/mol. The zero-order valence-electron chi connectivity index (χ0n) is 12.0. The quantitative estimate of drug-likeness (QED) is 0.750. The Labute approximate surface area is 120 Å². The Kier molecular flexibility index (Phi) is 7.98. The molecule has 0 aliphatic heterocycles. The van der Waals surface area contributed by atoms with Crippen molar-refractivity contribution in [2.24, 2.45) is 0 Å². The molecule has 1 rings (SSSR count). The van der Waals surface area contributed by atoms with Crippen LogP contribution in [0.5, 0.6) is 0 Å². The van der Waals surface area contributed by atoms with Gasteiger partial charge in [-0.15, -0.1) is 11.3 Å². The van der Waals surface area contributed by atoms with E-state index in [1.807, 2.05) is 23.1 Å². The third-order valence-corrected chi connectivity index (χ3v) is 4.97. The molecular weight excluding hydrogens is 260 g/mol. The Morgan fingerprint density at radius 1 is 1.39 bits per heavy atom. The minimum atomic E-state index is 0.585. The van der Waals surface area contributed by atoms with Crippen molar-refractivity contribution in [3.63, 3.8) is 0 Å². The van der Waals surface area contributed by atoms with Crippen molar-refractivity contribution in [1.29, 1.82) is 0 Å². The molecule has 0 aromatic carbocycles. The molecule has 1 aromatic rings. The highest BCUT2D eigenvalue weighted by Gasteiger charge is 2.14. The summed E-state index contributed by atoms with van der Waals surface area (Å²) in [5.41, 5.74) is 0. The summed E-state index contributed by atoms with van der Waals surface area (Å²) in [6.45, 7) is 6.68. The molecule has 0 saturated heterocycles. The lowest BCUT2D eigenvalue weighted by molar-refractivity contribution is 0.188. The van der Waals surface area contributed by atoms with Crippen LogP contribution in [0, 0.1) is 0 Å². The molecule has 0 saturated carbocycles. The summed E-state index contributed by atoms with van der Waals surface area (Å²) >= 11 is 3.76. The predicted molar refractivity (Wildman–Crippen MR) is 85.7 cm³/mol. The first-order valence-electron chi connectivity index (χ1n) is 6.59. The van der Waals surface area contributed by atoms with Crippen molar-refractivity contribution in [2.45, 2.75) is 38.9 Å². The van der Waals surface area contributed by atoms with E-state index in [1.54, 1.807) is 0 Å². The number of hydrogen-bond donors (Lipinski definition) is 1. The van der Waals surface area contributed by atoms with Gasteiger partial charge >= 0.3 is 0 Å². The van der Waals surface area contributed by atoms with Gasteiger partial charge in [0.05, 0.1) is 0 Å². The number of thiophene rings is 1. The molecule has 0 fully saturated rings. The van der Waals surface area contributed by atoms with Crippen LogP contribution >= 0.6 is 23.1 Å². The van der Waals surface area contributed by atoms with E-state index in [2.05, 4.69) is 54.9 Å². The molecule has 2 atom stereocenters. The van der Waals surface area contributed by atoms with E-state index in [9.17, 15) is 0 Å². The number of thioether (sulfide) groups is 1. The van der Waals surface area contributed by atoms with Crippen LogP contribution in [0.25, 0.3) is 0 Å². The first-order valence-corrected chi connectivity index (χ1v) is 8.86. The fourth-order valence-corrected chi connectivity index (χ4v) is 3.14. The summed E-state index contributed by atoms with van der Waals surface area (Å²) in [4.78, 5) is 3.90. The molecule has 18 heavy (non-hydrogen) atoms. The third-order valence-electron chi connectivity index (χ3n) is 3.45. The standard InChI is InChI=1S/C14H26N2S2/c1-12(7-9-17-4)16(3)13(2)10-15-11-14-6-5-8-18-14/h5-6,8,12-13,15H,7,9-11H2,1-4H3. The van der Waals surface area contributed by atoms with E-state index < -0.39 is 0 Å². The van der Waals surface area contributed by atoms with Crippen molar-refractivity contribution in [3.8, 4) is 0 Å². The molecule has 2 nitrogen and oxygen atoms in total. The molecule has 0 aliphatic carbocycles. The molecule has 1 heterocycles. The first-order chi connectivity index (χ1) is 8.65. The van der Waals surface area contributed by atoms with Crippen LogP contribution in [0.4, 0.5) is 0 Å². The minimum Gasteiger partial charge on any atom is -0.310 e. The maximum absolute atomic E-state index is 3.54. The summed E-state index contributed by atoms with van der Waals surface area (Å²) < 4.78 is 0. The van der Waals surface area contributed by atoms with E-state index in [0.29, 0.717) is 12.1 Å². The van der Waals surface area contributed by atoms with E-state index >= 15 is 0 Å². The average Bonchev–Trinajstić information content (AvgIpc) is 2.87. The summed E-state index contributed by atoms with van der Waals surface area (Å²) in [5.74, 6) is 1.25. The molecule has 1 aromatic heterocycles. The second-order valence-electron chi connectivity index (χ2n) is 4.86. The SMILES string of the molecule is CSCCC(C)N(C)C(C)CNCc1cccs1. The highest BCUT2D eigenvalue weighted by molar-refractivity contribution is 7.98. The van der Waals surface area contributed by atoms with Gasteiger partial charge in [0.2, 0.25) is 0 Å². The fourth-order valence-electron chi connectivity index (χ4n) is 1.89. The van der Waals surface area contributed by atoms with Gasteiger partial charge in [0.25, 0.3) is 0 Å². The van der Waals surface area contributed by atoms with Crippen LogP contribution in [0.2, 0.25) is 0 Å². The highest BCUT2D eigenvalue weighted by Crippen LogP contribution is 2.10. The van der Waals surface area contributed by atoms with E-state index in [1.165, 1.54) is 17.1 Å². The van der Waals surface area contributed by atoms with Crippen molar-refractivity contribution in [2.75, 3.05) is 25.6 Å². The molecule has 0 bridgehead atoms. The number of hydrogen-bond acceptors (Lipinski definition) is 4. The normalized spacial score (nSPS) is 14.9. The Hall–Kier alpha value is -0.0300. The van der Waals surface area contributed by atoms with Crippen LogP contribution in [-0.4, -0.2) is 42.6 Å². The molecule has 1 N–H and O–H groups in total. The lowest BCUT2D eigenvalue weighted by Crippen LogP contribution is -2.42. The zero-order chi connectivity index (χ0) is 13.4. The molecular formula is C14H26N2S2. The smallest absolute Gasteiger partial charge is 0.0300 e. The fraction of sp³-hybridized carbons (Fsp3) is 0.714. The number of rotatable bonds is 9. The largest absolute Gasteiger partial charge is 0.310 e. The molecule has 2 unspecified atom stereocenters. The lowest BCUT2D eigenvalue weighted by Gasteiger charge is -2.31. The maximum Gasteiger partial charge on any atom is 0.0300 e. The summed E-state index contributed by atoms with van der Waals surface area (Å²) in [7, 11) is 2.24. The predicted octanol–water partition coefficient (Wildman–Crippen LogP) is 3.30. The third kappa shape index (κ3) is 5.74. The minimum absolute atomic E-state index is 0.585. The Bertz CT molecular complexity index is 301. The number of nitrogens with zero attached hydrogens (tertiary/aromatic N) is 1. The second-order valence-corrected chi connectivity index (χ2v) is 6.87. The molecule has 0 aliphatic rings. The molecule has 4 heteroatoms. The van der Waals surface area contributed by atoms with E-state index in [0.717, 1.165) is 13.1 Å². The highest BCUT2D eigenvalue weighted by atomic mass is 32.2. The number of likely N-dealkylation sites (N-methyl/N-ethyl adjacent to an activating group) is 1. The maximum atomic E-state index is 3.54. The Morgan fingerprint density at radius 3 is 2.78 bits per heavy atom. The monoisotopic (exact) mass is 286 g/mol. The van der Waals surface area contributed by atoms with Crippen LogP contribution < -0.4 is 5.32 Å². The summed E-state index contributed by atoms with van der Waals surface area (Å²) in [6.07, 6.45) is 3.45. The van der Waals surface area contributed by atoms with Crippen molar-refractivity contribution < 1.29 is 0 Å². The van der Waals surface area contributed by atoms with Crippen molar-refractivity contribution >= 4 is 23.1 Å². The van der Waals surface area contributed by atoms with Crippen LogP contribution in [-0.2, 0) is 6.54 Å². The van der Waals surface area contributed by atoms with Gasteiger partial charge in [-0.3, -0.25) is 4.90 Å².